The molecular weight excluding hydrogens is 302 g/mol. The molecule has 0 fully saturated rings. The van der Waals surface area contributed by atoms with Crippen molar-refractivity contribution in [3.8, 4) is 11.3 Å². The Hall–Kier alpha value is -3.14. The van der Waals surface area contributed by atoms with Crippen LogP contribution in [-0.4, -0.2) is 12.2 Å². The lowest BCUT2D eigenvalue weighted by Gasteiger charge is -2.06. The maximum atomic E-state index is 12.0. The molecule has 1 heterocycles. The Morgan fingerprint density at radius 2 is 1.71 bits per heavy atom. The van der Waals surface area contributed by atoms with Crippen LogP contribution in [0, 0.1) is 0 Å². The molecule has 0 aliphatic carbocycles. The molecule has 24 heavy (non-hydrogen) atoms. The highest BCUT2D eigenvalue weighted by atomic mass is 16.3. The zero-order valence-corrected chi connectivity index (χ0v) is 13.1. The van der Waals surface area contributed by atoms with Crippen LogP contribution < -0.4 is 5.32 Å². The second kappa shape index (κ2) is 7.42. The third-order valence-electron chi connectivity index (χ3n) is 3.68. The SMILES string of the molecule is O=Cc1ccc(-c2ccc(NC(=O)CCc3ccccc3)cc2)o1. The number of benzene rings is 2. The molecule has 3 aromatic rings. The van der Waals surface area contributed by atoms with Crippen LogP contribution in [0.25, 0.3) is 11.3 Å². The third kappa shape index (κ3) is 3.98. The van der Waals surface area contributed by atoms with Gasteiger partial charge in [0.05, 0.1) is 0 Å². The van der Waals surface area contributed by atoms with E-state index in [4.69, 9.17) is 4.42 Å². The summed E-state index contributed by atoms with van der Waals surface area (Å²) in [4.78, 5) is 22.7. The van der Waals surface area contributed by atoms with Crippen molar-refractivity contribution in [3.63, 3.8) is 0 Å². The molecule has 2 aromatic carbocycles. The van der Waals surface area contributed by atoms with Gasteiger partial charge in [0, 0.05) is 17.7 Å². The zero-order valence-electron chi connectivity index (χ0n) is 13.1. The summed E-state index contributed by atoms with van der Waals surface area (Å²) in [5.74, 6) is 0.898. The van der Waals surface area contributed by atoms with Gasteiger partial charge in [-0.3, -0.25) is 9.59 Å². The number of rotatable bonds is 6. The van der Waals surface area contributed by atoms with Gasteiger partial charge in [-0.1, -0.05) is 30.3 Å². The summed E-state index contributed by atoms with van der Waals surface area (Å²) in [5, 5.41) is 2.88. The van der Waals surface area contributed by atoms with Crippen LogP contribution in [0.3, 0.4) is 0 Å². The maximum Gasteiger partial charge on any atom is 0.224 e. The molecule has 0 aliphatic rings. The molecule has 0 unspecified atom stereocenters. The van der Waals surface area contributed by atoms with E-state index in [0.29, 0.717) is 30.6 Å². The van der Waals surface area contributed by atoms with Gasteiger partial charge in [0.25, 0.3) is 0 Å². The Kier molecular flexibility index (Phi) is 4.87. The first-order valence-corrected chi connectivity index (χ1v) is 7.74. The molecule has 0 spiro atoms. The van der Waals surface area contributed by atoms with Crippen molar-refractivity contribution >= 4 is 17.9 Å². The molecule has 1 aromatic heterocycles. The summed E-state index contributed by atoms with van der Waals surface area (Å²) in [6.07, 6.45) is 1.82. The fourth-order valence-corrected chi connectivity index (χ4v) is 2.42. The van der Waals surface area contributed by atoms with Crippen LogP contribution in [0.1, 0.15) is 22.5 Å². The Morgan fingerprint density at radius 1 is 0.958 bits per heavy atom. The van der Waals surface area contributed by atoms with Crippen molar-refractivity contribution in [2.24, 2.45) is 0 Å². The Labute approximate surface area is 140 Å². The zero-order chi connectivity index (χ0) is 16.8. The number of hydrogen-bond acceptors (Lipinski definition) is 3. The molecule has 0 aliphatic heterocycles. The highest BCUT2D eigenvalue weighted by Crippen LogP contribution is 2.23. The second-order valence-corrected chi connectivity index (χ2v) is 5.43. The van der Waals surface area contributed by atoms with Crippen molar-refractivity contribution in [1.29, 1.82) is 0 Å². The van der Waals surface area contributed by atoms with Gasteiger partial charge in [-0.25, -0.2) is 0 Å². The van der Waals surface area contributed by atoms with Crippen molar-refractivity contribution in [1.82, 2.24) is 0 Å². The molecule has 0 radical (unpaired) electrons. The minimum Gasteiger partial charge on any atom is -0.453 e. The first kappa shape index (κ1) is 15.7. The second-order valence-electron chi connectivity index (χ2n) is 5.43. The first-order chi connectivity index (χ1) is 11.7. The van der Waals surface area contributed by atoms with Crippen LogP contribution in [-0.2, 0) is 11.2 Å². The average Bonchev–Trinajstić information content (AvgIpc) is 3.11. The van der Waals surface area contributed by atoms with Gasteiger partial charge in [-0.05, 0) is 48.4 Å². The predicted molar refractivity (Wildman–Crippen MR) is 92.9 cm³/mol. The summed E-state index contributed by atoms with van der Waals surface area (Å²) in [6.45, 7) is 0. The Bertz CT molecular complexity index is 820. The van der Waals surface area contributed by atoms with Crippen LogP contribution in [0.2, 0.25) is 0 Å². The number of aldehydes is 1. The van der Waals surface area contributed by atoms with Gasteiger partial charge in [0.15, 0.2) is 12.0 Å². The molecule has 1 N–H and O–H groups in total. The average molecular weight is 319 g/mol. The van der Waals surface area contributed by atoms with E-state index < -0.39 is 0 Å². The maximum absolute atomic E-state index is 12.0. The number of carbonyl (C=O) groups is 2. The lowest BCUT2D eigenvalue weighted by Crippen LogP contribution is -2.12. The van der Waals surface area contributed by atoms with Crippen LogP contribution in [0.4, 0.5) is 5.69 Å². The molecule has 3 rings (SSSR count). The van der Waals surface area contributed by atoms with E-state index in [1.165, 1.54) is 0 Å². The Balaban J connectivity index is 1.57. The first-order valence-electron chi connectivity index (χ1n) is 7.74. The predicted octanol–water partition coefficient (Wildman–Crippen LogP) is 4.33. The quantitative estimate of drug-likeness (QED) is 0.688. The number of aryl methyl sites for hydroxylation is 1. The van der Waals surface area contributed by atoms with Crippen molar-refractivity contribution < 1.29 is 14.0 Å². The van der Waals surface area contributed by atoms with Crippen LogP contribution >= 0.6 is 0 Å². The number of hydrogen-bond donors (Lipinski definition) is 1. The van der Waals surface area contributed by atoms with Gasteiger partial charge in [-0.15, -0.1) is 0 Å². The molecular formula is C20H17NO3. The standard InChI is InChI=1S/C20H17NO3/c22-14-18-11-12-19(24-18)16-7-9-17(10-8-16)21-20(23)13-6-15-4-2-1-3-5-15/h1-5,7-12,14H,6,13H2,(H,21,23). The molecule has 0 atom stereocenters. The van der Waals surface area contributed by atoms with Gasteiger partial charge in [0.1, 0.15) is 5.76 Å². The van der Waals surface area contributed by atoms with Crippen molar-refractivity contribution in [2.45, 2.75) is 12.8 Å². The highest BCUT2D eigenvalue weighted by Gasteiger charge is 2.06. The molecule has 0 saturated heterocycles. The third-order valence-corrected chi connectivity index (χ3v) is 3.68. The molecule has 4 heteroatoms. The number of furan rings is 1. The van der Waals surface area contributed by atoms with Gasteiger partial charge < -0.3 is 9.73 Å². The lowest BCUT2D eigenvalue weighted by molar-refractivity contribution is -0.116. The number of amides is 1. The van der Waals surface area contributed by atoms with E-state index in [-0.39, 0.29) is 5.91 Å². The van der Waals surface area contributed by atoms with Gasteiger partial charge in [-0.2, -0.15) is 0 Å². The van der Waals surface area contributed by atoms with E-state index >= 15 is 0 Å². The lowest BCUT2D eigenvalue weighted by atomic mass is 10.1. The fourth-order valence-electron chi connectivity index (χ4n) is 2.42. The monoisotopic (exact) mass is 319 g/mol. The smallest absolute Gasteiger partial charge is 0.224 e. The molecule has 1 amide bonds. The fraction of sp³-hybridized carbons (Fsp3) is 0.100. The minimum atomic E-state index is -0.0205. The number of anilines is 1. The topological polar surface area (TPSA) is 59.3 Å². The summed E-state index contributed by atoms with van der Waals surface area (Å²) in [7, 11) is 0. The highest BCUT2D eigenvalue weighted by molar-refractivity contribution is 5.91. The van der Waals surface area contributed by atoms with Crippen molar-refractivity contribution in [3.05, 3.63) is 78.1 Å². The van der Waals surface area contributed by atoms with E-state index in [9.17, 15) is 9.59 Å². The van der Waals surface area contributed by atoms with Gasteiger partial charge in [0.2, 0.25) is 5.91 Å². The van der Waals surface area contributed by atoms with E-state index in [0.717, 1.165) is 16.8 Å². The molecule has 0 saturated carbocycles. The summed E-state index contributed by atoms with van der Waals surface area (Å²) >= 11 is 0. The molecule has 0 bridgehead atoms. The number of carbonyl (C=O) groups excluding carboxylic acids is 2. The van der Waals surface area contributed by atoms with E-state index in [1.54, 1.807) is 12.1 Å². The molecule has 4 nitrogen and oxygen atoms in total. The van der Waals surface area contributed by atoms with E-state index in [2.05, 4.69) is 5.32 Å². The number of nitrogens with one attached hydrogen (secondary N) is 1. The normalized spacial score (nSPS) is 10.3. The molecule has 120 valence electrons. The Morgan fingerprint density at radius 3 is 2.38 bits per heavy atom. The largest absolute Gasteiger partial charge is 0.453 e. The summed E-state index contributed by atoms with van der Waals surface area (Å²) in [6, 6.07) is 20.6. The van der Waals surface area contributed by atoms with Crippen LogP contribution in [0.5, 0.6) is 0 Å². The van der Waals surface area contributed by atoms with Gasteiger partial charge >= 0.3 is 0 Å². The van der Waals surface area contributed by atoms with Crippen molar-refractivity contribution in [2.75, 3.05) is 5.32 Å². The minimum absolute atomic E-state index is 0.0205. The van der Waals surface area contributed by atoms with Crippen LogP contribution in [0.15, 0.2) is 71.1 Å². The van der Waals surface area contributed by atoms with E-state index in [1.807, 2.05) is 54.6 Å². The summed E-state index contributed by atoms with van der Waals surface area (Å²) < 4.78 is 5.37. The summed E-state index contributed by atoms with van der Waals surface area (Å²) in [5.41, 5.74) is 2.73.